The van der Waals surface area contributed by atoms with Crippen molar-refractivity contribution in [1.29, 1.82) is 0 Å². The van der Waals surface area contributed by atoms with Crippen molar-refractivity contribution < 1.29 is 14.0 Å². The van der Waals surface area contributed by atoms with Crippen LogP contribution in [0.4, 0.5) is 15.8 Å². The smallest absolute Gasteiger partial charge is 0.251 e. The van der Waals surface area contributed by atoms with Crippen molar-refractivity contribution in [2.24, 2.45) is 0 Å². The van der Waals surface area contributed by atoms with Gasteiger partial charge in [0.15, 0.2) is 0 Å². The van der Waals surface area contributed by atoms with E-state index in [0.717, 1.165) is 0 Å². The summed E-state index contributed by atoms with van der Waals surface area (Å²) in [6, 6.07) is 13.0. The van der Waals surface area contributed by atoms with Crippen LogP contribution < -0.4 is 10.6 Å². The topological polar surface area (TPSA) is 58.2 Å². The van der Waals surface area contributed by atoms with Crippen LogP contribution in [0.2, 0.25) is 0 Å². The summed E-state index contributed by atoms with van der Waals surface area (Å²) in [4.78, 5) is 23.2. The van der Waals surface area contributed by atoms with Crippen LogP contribution in [0, 0.1) is 5.82 Å². The summed E-state index contributed by atoms with van der Waals surface area (Å²) in [5.41, 5.74) is 1.86. The zero-order chi connectivity index (χ0) is 16.8. The molecule has 2 N–H and O–H groups in total. The summed E-state index contributed by atoms with van der Waals surface area (Å²) in [7, 11) is 0. The summed E-state index contributed by atoms with van der Waals surface area (Å²) < 4.78 is 13.6. The third-order valence-corrected chi connectivity index (χ3v) is 3.08. The van der Waals surface area contributed by atoms with Gasteiger partial charge in [-0.3, -0.25) is 9.59 Å². The first-order valence-corrected chi connectivity index (χ1v) is 7.07. The van der Waals surface area contributed by atoms with Gasteiger partial charge in [0, 0.05) is 29.4 Å². The van der Waals surface area contributed by atoms with E-state index in [4.69, 9.17) is 0 Å². The van der Waals surface area contributed by atoms with Crippen molar-refractivity contribution in [2.45, 2.75) is 13.8 Å². The van der Waals surface area contributed by atoms with E-state index in [-0.39, 0.29) is 17.6 Å². The van der Waals surface area contributed by atoms with E-state index in [1.165, 1.54) is 19.1 Å². The van der Waals surface area contributed by atoms with Gasteiger partial charge in [0.2, 0.25) is 5.91 Å². The Morgan fingerprint density at radius 3 is 2.26 bits per heavy atom. The Morgan fingerprint density at radius 2 is 1.61 bits per heavy atom. The molecule has 0 bridgehead atoms. The van der Waals surface area contributed by atoms with E-state index in [9.17, 15) is 14.0 Å². The summed E-state index contributed by atoms with van der Waals surface area (Å²) >= 11 is 0. The zero-order valence-electron chi connectivity index (χ0n) is 12.9. The highest BCUT2D eigenvalue weighted by Crippen LogP contribution is 2.17. The summed E-state index contributed by atoms with van der Waals surface area (Å²) in [5.74, 6) is -0.912. The van der Waals surface area contributed by atoms with Gasteiger partial charge in [0.1, 0.15) is 5.82 Å². The van der Waals surface area contributed by atoms with Gasteiger partial charge in [-0.2, -0.15) is 0 Å². The Morgan fingerprint density at radius 1 is 0.957 bits per heavy atom. The average molecular weight is 312 g/mol. The second kappa shape index (κ2) is 7.35. The molecular formula is C18H17FN2O2. The number of hydrogen-bond donors (Lipinski definition) is 2. The molecule has 0 aromatic heterocycles. The van der Waals surface area contributed by atoms with Gasteiger partial charge in [0.05, 0.1) is 0 Å². The number of nitrogens with one attached hydrogen (secondary N) is 2. The third-order valence-electron chi connectivity index (χ3n) is 3.08. The van der Waals surface area contributed by atoms with Crippen molar-refractivity contribution in [3.8, 4) is 0 Å². The fourth-order valence-corrected chi connectivity index (χ4v) is 2.00. The number of carbonyl (C=O) groups excluding carboxylic acids is 2. The molecule has 23 heavy (non-hydrogen) atoms. The average Bonchev–Trinajstić information content (AvgIpc) is 2.49. The zero-order valence-corrected chi connectivity index (χ0v) is 12.9. The molecular weight excluding hydrogens is 295 g/mol. The highest BCUT2D eigenvalue weighted by atomic mass is 19.1. The third kappa shape index (κ3) is 4.78. The molecule has 5 heteroatoms. The lowest BCUT2D eigenvalue weighted by molar-refractivity contribution is -0.114. The van der Waals surface area contributed by atoms with Crippen LogP contribution in [0.1, 0.15) is 19.4 Å². The van der Waals surface area contributed by atoms with Gasteiger partial charge in [-0.25, -0.2) is 4.39 Å². The second-order valence-corrected chi connectivity index (χ2v) is 5.06. The van der Waals surface area contributed by atoms with Crippen molar-refractivity contribution in [3.63, 3.8) is 0 Å². The monoisotopic (exact) mass is 312 g/mol. The number of carbonyl (C=O) groups is 2. The van der Waals surface area contributed by atoms with Gasteiger partial charge < -0.3 is 10.6 Å². The lowest BCUT2D eigenvalue weighted by atomic mass is 10.1. The van der Waals surface area contributed by atoms with E-state index < -0.39 is 0 Å². The van der Waals surface area contributed by atoms with Crippen LogP contribution in [-0.4, -0.2) is 11.8 Å². The SMILES string of the molecule is CC(=O)Nc1cccc(NC(=O)/C(C)=C/c2ccccc2F)c1. The predicted molar refractivity (Wildman–Crippen MR) is 89.4 cm³/mol. The van der Waals surface area contributed by atoms with E-state index in [1.54, 1.807) is 49.4 Å². The molecule has 2 amide bonds. The summed E-state index contributed by atoms with van der Waals surface area (Å²) in [5, 5.41) is 5.35. The highest BCUT2D eigenvalue weighted by molar-refractivity contribution is 6.06. The quantitative estimate of drug-likeness (QED) is 0.843. The fraction of sp³-hybridized carbons (Fsp3) is 0.111. The molecule has 0 aliphatic carbocycles. The number of benzene rings is 2. The van der Waals surface area contributed by atoms with Crippen LogP contribution in [0.3, 0.4) is 0 Å². The minimum absolute atomic E-state index is 0.191. The molecule has 0 spiro atoms. The Hall–Kier alpha value is -2.95. The maximum atomic E-state index is 13.6. The van der Waals surface area contributed by atoms with E-state index in [2.05, 4.69) is 10.6 Å². The molecule has 118 valence electrons. The second-order valence-electron chi connectivity index (χ2n) is 5.06. The molecule has 2 rings (SSSR count). The van der Waals surface area contributed by atoms with Crippen molar-refractivity contribution in [3.05, 3.63) is 65.5 Å². The van der Waals surface area contributed by atoms with Crippen molar-refractivity contribution in [1.82, 2.24) is 0 Å². The number of amides is 2. The van der Waals surface area contributed by atoms with Gasteiger partial charge in [-0.15, -0.1) is 0 Å². The first kappa shape index (κ1) is 16.4. The Balaban J connectivity index is 2.12. The Bertz CT molecular complexity index is 769. The molecule has 0 unspecified atom stereocenters. The van der Waals surface area contributed by atoms with Gasteiger partial charge in [-0.05, 0) is 37.3 Å². The predicted octanol–water partition coefficient (Wildman–Crippen LogP) is 3.83. The summed E-state index contributed by atoms with van der Waals surface area (Å²) in [6.45, 7) is 3.02. The highest BCUT2D eigenvalue weighted by Gasteiger charge is 2.07. The normalized spacial score (nSPS) is 11.0. The first-order valence-electron chi connectivity index (χ1n) is 7.07. The van der Waals surface area contributed by atoms with Gasteiger partial charge in [-0.1, -0.05) is 24.3 Å². The van der Waals surface area contributed by atoms with Crippen LogP contribution in [-0.2, 0) is 9.59 Å². The number of hydrogen-bond acceptors (Lipinski definition) is 2. The van der Waals surface area contributed by atoms with E-state index >= 15 is 0 Å². The molecule has 0 atom stereocenters. The maximum absolute atomic E-state index is 13.6. The molecule has 4 nitrogen and oxygen atoms in total. The Labute approximate surface area is 134 Å². The fourth-order valence-electron chi connectivity index (χ4n) is 2.00. The van der Waals surface area contributed by atoms with Gasteiger partial charge in [0.25, 0.3) is 5.91 Å². The van der Waals surface area contributed by atoms with Crippen LogP contribution in [0.15, 0.2) is 54.1 Å². The molecule has 0 saturated carbocycles. The largest absolute Gasteiger partial charge is 0.326 e. The standard InChI is InChI=1S/C18H17FN2O2/c1-12(10-14-6-3-4-9-17(14)19)18(23)21-16-8-5-7-15(11-16)20-13(2)22/h3-11H,1-2H3,(H,20,22)(H,21,23)/b12-10+. The van der Waals surface area contributed by atoms with Crippen LogP contribution >= 0.6 is 0 Å². The lowest BCUT2D eigenvalue weighted by Gasteiger charge is -2.08. The lowest BCUT2D eigenvalue weighted by Crippen LogP contribution is -2.13. The van der Waals surface area contributed by atoms with Crippen LogP contribution in [0.25, 0.3) is 6.08 Å². The van der Waals surface area contributed by atoms with Gasteiger partial charge >= 0.3 is 0 Å². The molecule has 0 fully saturated rings. The molecule has 0 aliphatic heterocycles. The number of halogens is 1. The Kier molecular flexibility index (Phi) is 5.25. The van der Waals surface area contributed by atoms with E-state index in [0.29, 0.717) is 22.5 Å². The molecule has 0 saturated heterocycles. The molecule has 0 radical (unpaired) electrons. The van der Waals surface area contributed by atoms with Crippen LogP contribution in [0.5, 0.6) is 0 Å². The minimum atomic E-state index is -0.382. The maximum Gasteiger partial charge on any atom is 0.251 e. The minimum Gasteiger partial charge on any atom is -0.326 e. The molecule has 2 aromatic rings. The van der Waals surface area contributed by atoms with Crippen molar-refractivity contribution >= 4 is 29.3 Å². The molecule has 0 aliphatic rings. The summed E-state index contributed by atoms with van der Waals surface area (Å²) in [6.07, 6.45) is 1.49. The molecule has 0 heterocycles. The molecule has 2 aromatic carbocycles. The number of anilines is 2. The van der Waals surface area contributed by atoms with E-state index in [1.807, 2.05) is 0 Å². The first-order chi connectivity index (χ1) is 11.0. The van der Waals surface area contributed by atoms with Crippen molar-refractivity contribution in [2.75, 3.05) is 10.6 Å². The number of rotatable bonds is 4.